The average Bonchev–Trinajstić information content (AvgIpc) is 4.26. The van der Waals surface area contributed by atoms with Crippen molar-refractivity contribution in [3.63, 3.8) is 0 Å². The number of aryl methyl sites for hydroxylation is 6. The molecule has 6 aromatic carbocycles. The summed E-state index contributed by atoms with van der Waals surface area (Å²) in [7, 11) is 3.43. The van der Waals surface area contributed by atoms with E-state index in [1.54, 1.807) is 20.4 Å². The number of fused-ring (bicyclic) bond motifs is 2. The number of aromatic carboxylic acids is 1. The van der Waals surface area contributed by atoms with Crippen molar-refractivity contribution in [2.24, 2.45) is 0 Å². The fourth-order valence-electron chi connectivity index (χ4n) is 12.8. The van der Waals surface area contributed by atoms with Crippen LogP contribution < -0.4 is 14.8 Å². The third-order valence-corrected chi connectivity index (χ3v) is 16.7. The number of piperazine rings is 2. The largest absolute Gasteiger partial charge is 0.496 e. The number of nitrogens with zero attached hydrogens (tertiary/aromatic N) is 7. The van der Waals surface area contributed by atoms with Crippen LogP contribution >= 0.6 is 12.4 Å². The standard InChI is InChI=1S/C34H38N4O2.C17H20N2O3.C17H20N2.ClH/c1-24-20-29(21-25(2)33(24)40-3)28-14-15-31-35-30(23-38(31)22-28)34(39)37-18-16-36(17-19-37)32(26-10-6-4-7-11-26)27-12-8-5-9-13-27;1-10-6-13(7-11(2)16(10)22-3)12-4-5-15-18-14(17(20)21)9-19(15)8-12;1-3-7-15(8-4-1)17(16-9-5-2-6-10-16)19-13-11-18-12-14-19;/h4-13,20-21,23,28,32H,14-19,22H2,1-3H3;6-7,9,12H,4-5,8H2,1-3H3,(H,20,21);1-10,17-18H,11-14H2;1H. The lowest BCUT2D eigenvalue weighted by Gasteiger charge is -2.39. The van der Waals surface area contributed by atoms with Crippen molar-refractivity contribution in [2.75, 3.05) is 66.6 Å². The van der Waals surface area contributed by atoms with Gasteiger partial charge < -0.3 is 33.9 Å². The number of halogens is 1. The zero-order valence-electron chi connectivity index (χ0n) is 48.3. The highest BCUT2D eigenvalue weighted by atomic mass is 35.5. The van der Waals surface area contributed by atoms with Crippen LogP contribution in [0.2, 0.25) is 0 Å². The molecule has 2 fully saturated rings. The molecule has 0 bridgehead atoms. The third-order valence-electron chi connectivity index (χ3n) is 16.7. The van der Waals surface area contributed by atoms with Gasteiger partial charge in [0.1, 0.15) is 28.8 Å². The number of aromatic nitrogens is 4. The zero-order chi connectivity index (χ0) is 56.4. The first-order valence-corrected chi connectivity index (χ1v) is 28.8. The number of amides is 1. The second kappa shape index (κ2) is 27.5. The minimum absolute atomic E-state index is 0. The van der Waals surface area contributed by atoms with Gasteiger partial charge in [-0.05, 0) is 96.2 Å². The van der Waals surface area contributed by atoms with Crippen molar-refractivity contribution in [3.05, 3.63) is 237 Å². The van der Waals surface area contributed by atoms with Crippen LogP contribution in [0, 0.1) is 27.7 Å². The van der Waals surface area contributed by atoms with E-state index in [0.717, 1.165) is 112 Å². The molecular weight excluding hydrogens is 1040 g/mol. The van der Waals surface area contributed by atoms with Crippen LogP contribution in [0.15, 0.2) is 158 Å². The normalized spacial score (nSPS) is 17.0. The highest BCUT2D eigenvalue weighted by Gasteiger charge is 2.32. The van der Waals surface area contributed by atoms with Crippen molar-refractivity contribution < 1.29 is 24.2 Å². The molecule has 2 saturated heterocycles. The highest BCUT2D eigenvalue weighted by molar-refractivity contribution is 5.92. The lowest BCUT2D eigenvalue weighted by Crippen LogP contribution is -2.50. The van der Waals surface area contributed by atoms with Crippen molar-refractivity contribution in [1.82, 2.24) is 39.1 Å². The summed E-state index contributed by atoms with van der Waals surface area (Å²) in [4.78, 5) is 40.6. The smallest absolute Gasteiger partial charge is 0.356 e. The summed E-state index contributed by atoms with van der Waals surface area (Å²) in [5.74, 6) is 3.67. The van der Waals surface area contributed by atoms with E-state index in [2.05, 4.69) is 198 Å². The maximum atomic E-state index is 13.6. The van der Waals surface area contributed by atoms with Crippen molar-refractivity contribution in [2.45, 2.75) is 90.4 Å². The van der Waals surface area contributed by atoms with Gasteiger partial charge in [0.15, 0.2) is 5.69 Å². The van der Waals surface area contributed by atoms with E-state index in [9.17, 15) is 9.59 Å². The predicted octanol–water partition coefficient (Wildman–Crippen LogP) is 11.8. The second-order valence-corrected chi connectivity index (χ2v) is 22.1. The molecule has 14 heteroatoms. The molecule has 0 saturated carbocycles. The van der Waals surface area contributed by atoms with Gasteiger partial charge in [0.2, 0.25) is 0 Å². The van der Waals surface area contributed by atoms with Crippen LogP contribution in [0.4, 0.5) is 0 Å². The first kappa shape index (κ1) is 59.1. The maximum Gasteiger partial charge on any atom is 0.356 e. The molecule has 13 nitrogen and oxygen atoms in total. The number of carbonyl (C=O) groups excluding carboxylic acids is 1. The maximum absolute atomic E-state index is 13.6. The second-order valence-electron chi connectivity index (χ2n) is 22.1. The molecule has 2 unspecified atom stereocenters. The summed E-state index contributed by atoms with van der Waals surface area (Å²) in [6.45, 7) is 17.4. The number of rotatable bonds is 12. The number of benzene rings is 6. The predicted molar refractivity (Wildman–Crippen MR) is 327 cm³/mol. The summed E-state index contributed by atoms with van der Waals surface area (Å²) in [6, 6.07) is 52.4. The molecule has 1 amide bonds. The Morgan fingerprint density at radius 3 is 1.24 bits per heavy atom. The molecule has 2 atom stereocenters. The summed E-state index contributed by atoms with van der Waals surface area (Å²) < 4.78 is 15.2. The first-order chi connectivity index (χ1) is 39.5. The van der Waals surface area contributed by atoms with Crippen LogP contribution in [-0.4, -0.2) is 117 Å². The van der Waals surface area contributed by atoms with Crippen LogP contribution in [0.25, 0.3) is 0 Å². The van der Waals surface area contributed by atoms with Gasteiger partial charge in [-0.25, -0.2) is 14.8 Å². The summed E-state index contributed by atoms with van der Waals surface area (Å²) >= 11 is 0. The Hall–Kier alpha value is -7.55. The van der Waals surface area contributed by atoms with E-state index in [1.807, 2.05) is 15.7 Å². The average molecular weight is 1120 g/mol. The molecule has 0 aliphatic carbocycles. The minimum atomic E-state index is -0.963. The molecule has 428 valence electrons. The first-order valence-electron chi connectivity index (χ1n) is 28.8. The van der Waals surface area contributed by atoms with Crippen LogP contribution in [0.3, 0.4) is 0 Å². The van der Waals surface area contributed by atoms with E-state index in [0.29, 0.717) is 36.7 Å². The molecule has 4 aliphatic rings. The monoisotopic (exact) mass is 1120 g/mol. The van der Waals surface area contributed by atoms with Crippen molar-refractivity contribution in [1.29, 1.82) is 0 Å². The molecule has 12 rings (SSSR count). The number of hydrogen-bond acceptors (Lipinski definition) is 9. The van der Waals surface area contributed by atoms with Crippen molar-refractivity contribution in [3.8, 4) is 11.5 Å². The van der Waals surface area contributed by atoms with Gasteiger partial charge in [0.25, 0.3) is 5.91 Å². The molecule has 2 N–H and O–H groups in total. The van der Waals surface area contributed by atoms with E-state index in [-0.39, 0.29) is 30.0 Å². The number of imidazole rings is 2. The van der Waals surface area contributed by atoms with Crippen molar-refractivity contribution >= 4 is 24.3 Å². The molecular formula is C68H79ClN8O5. The van der Waals surface area contributed by atoms with Crippen LogP contribution in [-0.2, 0) is 25.9 Å². The third kappa shape index (κ3) is 13.7. The zero-order valence-corrected chi connectivity index (χ0v) is 49.2. The van der Waals surface area contributed by atoms with Gasteiger partial charge in [0, 0.05) is 103 Å². The lowest BCUT2D eigenvalue weighted by molar-refractivity contribution is 0.0591. The van der Waals surface area contributed by atoms with Gasteiger partial charge in [-0.15, -0.1) is 12.4 Å². The Morgan fingerprint density at radius 2 is 0.878 bits per heavy atom. The molecule has 82 heavy (non-hydrogen) atoms. The number of carboxylic acid groups (broad SMARTS) is 1. The van der Waals surface area contributed by atoms with E-state index in [4.69, 9.17) is 19.6 Å². The molecule has 6 heterocycles. The van der Waals surface area contributed by atoms with Gasteiger partial charge in [0.05, 0.1) is 26.3 Å². The van der Waals surface area contributed by atoms with Gasteiger partial charge in [-0.3, -0.25) is 14.6 Å². The fraction of sp³-hybridized carbons (Fsp3) is 0.353. The fourth-order valence-corrected chi connectivity index (χ4v) is 12.8. The summed E-state index contributed by atoms with van der Waals surface area (Å²) in [6.07, 6.45) is 7.34. The number of carbonyl (C=O) groups is 2. The van der Waals surface area contributed by atoms with E-state index < -0.39 is 5.97 Å². The molecule has 2 aromatic heterocycles. The summed E-state index contributed by atoms with van der Waals surface area (Å²) in [5.41, 5.74) is 13.3. The van der Waals surface area contributed by atoms with Gasteiger partial charge in [-0.1, -0.05) is 146 Å². The molecule has 8 aromatic rings. The van der Waals surface area contributed by atoms with Gasteiger partial charge in [-0.2, -0.15) is 0 Å². The summed E-state index contributed by atoms with van der Waals surface area (Å²) in [5, 5.41) is 12.5. The van der Waals surface area contributed by atoms with E-state index >= 15 is 0 Å². The Balaban J connectivity index is 0.000000162. The molecule has 0 spiro atoms. The quantitative estimate of drug-likeness (QED) is 0.122. The minimum Gasteiger partial charge on any atom is -0.496 e. The lowest BCUT2D eigenvalue weighted by atomic mass is 9.89. The molecule has 0 radical (unpaired) electrons. The number of nitrogens with one attached hydrogen (secondary N) is 1. The molecule has 4 aliphatic heterocycles. The number of carboxylic acids is 1. The Bertz CT molecular complexity index is 3250. The Labute approximate surface area is 490 Å². The topological polar surface area (TPSA) is 130 Å². The van der Waals surface area contributed by atoms with Crippen LogP contribution in [0.5, 0.6) is 11.5 Å². The Morgan fingerprint density at radius 1 is 0.524 bits per heavy atom. The van der Waals surface area contributed by atoms with Crippen LogP contribution in [0.1, 0.15) is 125 Å². The number of hydrogen-bond donors (Lipinski definition) is 2. The van der Waals surface area contributed by atoms with E-state index in [1.165, 1.54) is 44.5 Å². The Kier molecular flexibility index (Phi) is 19.8. The number of ether oxygens (including phenoxy) is 2. The number of methoxy groups -OCH3 is 2. The highest BCUT2D eigenvalue weighted by Crippen LogP contribution is 2.37. The SMILES string of the molecule is COc1c(C)cc(C2CCc3nc(C(=O)N4CCN(C(c5ccccc5)c5ccccc5)CC4)cn3C2)cc1C.COc1c(C)cc(C2CCc3nc(C(=O)O)cn3C2)cc1C.Cl.c1ccc(C(c2ccccc2)N2CCNCC2)cc1. The van der Waals surface area contributed by atoms with Gasteiger partial charge >= 0.3 is 5.97 Å².